The maximum Gasteiger partial charge on any atom is 0.343 e. The van der Waals surface area contributed by atoms with Crippen molar-refractivity contribution in [3.63, 3.8) is 0 Å². The van der Waals surface area contributed by atoms with Gasteiger partial charge in [0.2, 0.25) is 0 Å². The quantitative estimate of drug-likeness (QED) is 0.0583. The molecule has 8 heteroatoms. The van der Waals surface area contributed by atoms with Crippen LogP contribution in [0, 0.1) is 10.1 Å². The predicted octanol–water partition coefficient (Wildman–Crippen LogP) is 8.27. The molecule has 0 fully saturated rings. The average Bonchev–Trinajstić information content (AvgIpc) is 3.05. The molecule has 0 unspecified atom stereocenters. The van der Waals surface area contributed by atoms with E-state index >= 15 is 0 Å². The zero-order valence-electron chi connectivity index (χ0n) is 26.0. The molecule has 0 spiro atoms. The van der Waals surface area contributed by atoms with Gasteiger partial charge in [-0.1, -0.05) is 88.4 Å². The number of nitro benzene ring substituents is 1. The lowest BCUT2D eigenvalue weighted by Gasteiger charge is -2.29. The minimum absolute atomic E-state index is 0.107. The van der Waals surface area contributed by atoms with Gasteiger partial charge in [-0.2, -0.15) is 0 Å². The van der Waals surface area contributed by atoms with Gasteiger partial charge in [-0.25, -0.2) is 9.59 Å². The molecule has 232 valence electrons. The summed E-state index contributed by atoms with van der Waals surface area (Å²) in [4.78, 5) is 35.6. The van der Waals surface area contributed by atoms with Crippen molar-refractivity contribution in [2.45, 2.75) is 38.5 Å². The predicted molar refractivity (Wildman–Crippen MR) is 177 cm³/mol. The standard InChI is InChI=1S/C38H34N2O6/c1-37(2,29-15-19-33(20-16-29)45-35(41)25-7-5-9-31(39)23-25)27-11-13-28(14-12-27)38(3,4)30-17-21-34(22-18-30)46-36(42)26-8-6-10-32(24-26)40(43)44/h5-24H,39H2,1-4H3. The second-order valence-corrected chi connectivity index (χ2v) is 12.1. The van der Waals surface area contributed by atoms with Crippen molar-refractivity contribution < 1.29 is 24.0 Å². The van der Waals surface area contributed by atoms with E-state index < -0.39 is 16.9 Å². The Morgan fingerprint density at radius 3 is 1.35 bits per heavy atom. The highest BCUT2D eigenvalue weighted by Gasteiger charge is 2.27. The molecule has 0 saturated carbocycles. The molecule has 0 bridgehead atoms. The van der Waals surface area contributed by atoms with Crippen LogP contribution in [0.1, 0.15) is 70.7 Å². The number of anilines is 1. The molecule has 0 aromatic heterocycles. The topological polar surface area (TPSA) is 122 Å². The molecule has 8 nitrogen and oxygen atoms in total. The fourth-order valence-corrected chi connectivity index (χ4v) is 5.26. The van der Waals surface area contributed by atoms with E-state index in [0.717, 1.165) is 22.3 Å². The van der Waals surface area contributed by atoms with Crippen molar-refractivity contribution in [2.24, 2.45) is 0 Å². The van der Waals surface area contributed by atoms with Crippen LogP contribution in [0.15, 0.2) is 121 Å². The molecule has 0 radical (unpaired) electrons. The molecule has 0 aliphatic heterocycles. The van der Waals surface area contributed by atoms with E-state index in [0.29, 0.717) is 22.7 Å². The Kier molecular flexibility index (Phi) is 8.73. The van der Waals surface area contributed by atoms with Crippen LogP contribution in [-0.4, -0.2) is 16.9 Å². The van der Waals surface area contributed by atoms with Crippen LogP contribution in [0.5, 0.6) is 11.5 Å². The molecule has 46 heavy (non-hydrogen) atoms. The molecule has 5 rings (SSSR count). The highest BCUT2D eigenvalue weighted by atomic mass is 16.6. The summed E-state index contributed by atoms with van der Waals surface area (Å²) in [6.45, 7) is 8.55. The Bertz CT molecular complexity index is 1890. The number of nitro groups is 1. The summed E-state index contributed by atoms with van der Waals surface area (Å²) in [6, 6.07) is 35.4. The smallest absolute Gasteiger partial charge is 0.343 e. The second-order valence-electron chi connectivity index (χ2n) is 12.1. The SMILES string of the molecule is CC(C)(c1ccc(OC(=O)c2cccc(N)c2)cc1)c1ccc(C(C)(C)c2ccc(OC(=O)c3cccc([N+](=O)[O-])c3)cc2)cc1. The van der Waals surface area contributed by atoms with Gasteiger partial charge in [0.15, 0.2) is 0 Å². The van der Waals surface area contributed by atoms with Gasteiger partial charge in [-0.15, -0.1) is 0 Å². The zero-order chi connectivity index (χ0) is 33.1. The van der Waals surface area contributed by atoms with E-state index in [1.807, 2.05) is 24.3 Å². The Balaban J connectivity index is 1.26. The van der Waals surface area contributed by atoms with Crippen molar-refractivity contribution in [2.75, 3.05) is 5.73 Å². The van der Waals surface area contributed by atoms with E-state index in [1.54, 1.807) is 48.5 Å². The maximum atomic E-state index is 12.6. The van der Waals surface area contributed by atoms with E-state index in [-0.39, 0.29) is 22.1 Å². The molecule has 0 saturated heterocycles. The highest BCUT2D eigenvalue weighted by Crippen LogP contribution is 2.36. The molecule has 5 aromatic rings. The van der Waals surface area contributed by atoms with Crippen molar-refractivity contribution in [1.29, 1.82) is 0 Å². The molecular weight excluding hydrogens is 580 g/mol. The molecular formula is C38H34N2O6. The average molecular weight is 615 g/mol. The molecule has 5 aromatic carbocycles. The van der Waals surface area contributed by atoms with Crippen LogP contribution in [0.25, 0.3) is 0 Å². The van der Waals surface area contributed by atoms with Crippen LogP contribution < -0.4 is 15.2 Å². The highest BCUT2D eigenvalue weighted by molar-refractivity contribution is 5.92. The normalized spacial score (nSPS) is 11.5. The van der Waals surface area contributed by atoms with Gasteiger partial charge in [0.05, 0.1) is 16.1 Å². The number of hydrogen-bond acceptors (Lipinski definition) is 7. The Morgan fingerprint density at radius 2 is 0.957 bits per heavy atom. The van der Waals surface area contributed by atoms with Crippen molar-refractivity contribution in [3.8, 4) is 11.5 Å². The zero-order valence-corrected chi connectivity index (χ0v) is 26.0. The van der Waals surface area contributed by atoms with Gasteiger partial charge in [-0.3, -0.25) is 10.1 Å². The van der Waals surface area contributed by atoms with Gasteiger partial charge >= 0.3 is 11.9 Å². The summed E-state index contributed by atoms with van der Waals surface area (Å²) in [5.41, 5.74) is 10.3. The number of non-ortho nitro benzene ring substituents is 1. The van der Waals surface area contributed by atoms with Gasteiger partial charge in [-0.05, 0) is 70.8 Å². The Morgan fingerprint density at radius 1 is 0.587 bits per heavy atom. The molecule has 0 aliphatic rings. The summed E-state index contributed by atoms with van der Waals surface area (Å²) < 4.78 is 11.0. The number of nitrogens with two attached hydrogens (primary N) is 1. The molecule has 0 heterocycles. The van der Waals surface area contributed by atoms with E-state index in [9.17, 15) is 19.7 Å². The number of rotatable bonds is 9. The van der Waals surface area contributed by atoms with Crippen LogP contribution in [0.4, 0.5) is 11.4 Å². The monoisotopic (exact) mass is 614 g/mol. The number of nitrogens with zero attached hydrogens (tertiary/aromatic N) is 1. The van der Waals surface area contributed by atoms with E-state index in [2.05, 4.69) is 52.0 Å². The van der Waals surface area contributed by atoms with E-state index in [1.165, 1.54) is 24.3 Å². The first-order chi connectivity index (χ1) is 21.8. The first-order valence-electron chi connectivity index (χ1n) is 14.7. The Hall–Kier alpha value is -5.76. The van der Waals surface area contributed by atoms with Crippen molar-refractivity contribution >= 4 is 23.3 Å². The summed E-state index contributed by atoms with van der Waals surface area (Å²) >= 11 is 0. The Labute approximate surface area is 267 Å². The number of hydrogen-bond donors (Lipinski definition) is 1. The lowest BCUT2D eigenvalue weighted by molar-refractivity contribution is -0.384. The number of benzene rings is 5. The number of carbonyl (C=O) groups excluding carboxylic acids is 2. The fourth-order valence-electron chi connectivity index (χ4n) is 5.26. The second kappa shape index (κ2) is 12.7. The number of ether oxygens (including phenoxy) is 2. The van der Waals surface area contributed by atoms with E-state index in [4.69, 9.17) is 15.2 Å². The molecule has 2 N–H and O–H groups in total. The summed E-state index contributed by atoms with van der Waals surface area (Å²) in [7, 11) is 0. The third-order valence-corrected chi connectivity index (χ3v) is 8.32. The van der Waals surface area contributed by atoms with Gasteiger partial charge < -0.3 is 15.2 Å². The first-order valence-corrected chi connectivity index (χ1v) is 14.7. The number of carbonyl (C=O) groups is 2. The molecule has 0 atom stereocenters. The lowest BCUT2D eigenvalue weighted by atomic mass is 9.74. The van der Waals surface area contributed by atoms with Gasteiger partial charge in [0, 0.05) is 28.7 Å². The number of esters is 2. The lowest BCUT2D eigenvalue weighted by Crippen LogP contribution is -2.21. The summed E-state index contributed by atoms with van der Waals surface area (Å²) in [5, 5.41) is 11.0. The van der Waals surface area contributed by atoms with Crippen LogP contribution in [0.3, 0.4) is 0 Å². The minimum Gasteiger partial charge on any atom is -0.423 e. The maximum absolute atomic E-state index is 12.6. The summed E-state index contributed by atoms with van der Waals surface area (Å²) in [5.74, 6) is -0.330. The van der Waals surface area contributed by atoms with Gasteiger partial charge in [0.25, 0.3) is 5.69 Å². The van der Waals surface area contributed by atoms with Crippen molar-refractivity contribution in [3.05, 3.63) is 165 Å². The molecule has 0 amide bonds. The molecule has 0 aliphatic carbocycles. The fraction of sp³-hybridized carbons (Fsp3) is 0.158. The largest absolute Gasteiger partial charge is 0.423 e. The summed E-state index contributed by atoms with van der Waals surface area (Å²) in [6.07, 6.45) is 0. The van der Waals surface area contributed by atoms with Crippen LogP contribution in [0.2, 0.25) is 0 Å². The first kappa shape index (κ1) is 31.7. The van der Waals surface area contributed by atoms with Crippen LogP contribution in [-0.2, 0) is 10.8 Å². The van der Waals surface area contributed by atoms with Gasteiger partial charge in [0.1, 0.15) is 11.5 Å². The van der Waals surface area contributed by atoms with Crippen molar-refractivity contribution in [1.82, 2.24) is 0 Å². The third kappa shape index (κ3) is 6.81. The van der Waals surface area contributed by atoms with Crippen LogP contribution >= 0.6 is 0 Å². The minimum atomic E-state index is -0.664. The third-order valence-electron chi connectivity index (χ3n) is 8.32. The number of nitrogen functional groups attached to an aromatic ring is 1.